The fourth-order valence-corrected chi connectivity index (χ4v) is 2.41. The Balaban J connectivity index is 1.87. The van der Waals surface area contributed by atoms with Crippen LogP contribution in [0.25, 0.3) is 0 Å². The minimum atomic E-state index is -0.757. The number of carbonyl (C=O) groups is 2. The summed E-state index contributed by atoms with van der Waals surface area (Å²) in [5.74, 6) is -0.241. The molecule has 1 heterocycles. The Morgan fingerprint density at radius 2 is 1.85 bits per heavy atom. The number of nitrogens with zero attached hydrogens (tertiary/aromatic N) is 1. The molecule has 1 saturated heterocycles. The Labute approximate surface area is 118 Å². The minimum Gasteiger partial charge on any atom is -0.497 e. The van der Waals surface area contributed by atoms with Gasteiger partial charge in [-0.1, -0.05) is 12.1 Å². The number of carbonyl (C=O) groups excluding carboxylic acids is 1. The number of amides is 1. The van der Waals surface area contributed by atoms with E-state index in [-0.39, 0.29) is 11.8 Å². The highest BCUT2D eigenvalue weighted by atomic mass is 16.5. The van der Waals surface area contributed by atoms with Gasteiger partial charge in [-0.15, -0.1) is 0 Å². The van der Waals surface area contributed by atoms with Gasteiger partial charge in [0.15, 0.2) is 0 Å². The zero-order valence-electron chi connectivity index (χ0n) is 11.5. The molecule has 108 valence electrons. The van der Waals surface area contributed by atoms with Crippen molar-refractivity contribution in [3.05, 3.63) is 29.8 Å². The third-order valence-corrected chi connectivity index (χ3v) is 3.71. The van der Waals surface area contributed by atoms with Crippen LogP contribution in [-0.2, 0) is 16.0 Å². The second-order valence-electron chi connectivity index (χ2n) is 5.02. The molecular formula is C15H19NO4. The molecule has 0 aliphatic carbocycles. The van der Waals surface area contributed by atoms with Crippen molar-refractivity contribution in [1.29, 1.82) is 0 Å². The highest BCUT2D eigenvalue weighted by molar-refractivity contribution is 5.79. The topological polar surface area (TPSA) is 66.8 Å². The molecule has 1 amide bonds. The van der Waals surface area contributed by atoms with Crippen molar-refractivity contribution in [3.63, 3.8) is 0 Å². The zero-order valence-corrected chi connectivity index (χ0v) is 11.5. The Hall–Kier alpha value is -2.04. The predicted octanol–water partition coefficient (Wildman–Crippen LogP) is 1.56. The van der Waals surface area contributed by atoms with E-state index in [1.807, 2.05) is 24.3 Å². The molecule has 0 aromatic heterocycles. The van der Waals surface area contributed by atoms with Gasteiger partial charge < -0.3 is 14.7 Å². The molecule has 1 N–H and O–H groups in total. The number of benzene rings is 1. The highest BCUT2D eigenvalue weighted by Gasteiger charge is 2.26. The molecule has 0 bridgehead atoms. The Bertz CT molecular complexity index is 475. The van der Waals surface area contributed by atoms with E-state index in [4.69, 9.17) is 9.84 Å². The maximum absolute atomic E-state index is 12.1. The lowest BCUT2D eigenvalue weighted by molar-refractivity contribution is -0.145. The molecule has 0 radical (unpaired) electrons. The quantitative estimate of drug-likeness (QED) is 0.907. The normalized spacial score (nSPS) is 15.9. The summed E-state index contributed by atoms with van der Waals surface area (Å²) in [6, 6.07) is 7.42. The summed E-state index contributed by atoms with van der Waals surface area (Å²) in [5.41, 5.74) is 0.941. The van der Waals surface area contributed by atoms with Gasteiger partial charge in [-0.05, 0) is 30.5 Å². The minimum absolute atomic E-state index is 0.0546. The third kappa shape index (κ3) is 3.50. The lowest BCUT2D eigenvalue weighted by Crippen LogP contribution is -2.40. The lowest BCUT2D eigenvalue weighted by atomic mass is 9.96. The van der Waals surface area contributed by atoms with Crippen LogP contribution >= 0.6 is 0 Å². The van der Waals surface area contributed by atoms with Gasteiger partial charge in [0.25, 0.3) is 0 Å². The fraction of sp³-hybridized carbons (Fsp3) is 0.467. The summed E-state index contributed by atoms with van der Waals surface area (Å²) >= 11 is 0. The van der Waals surface area contributed by atoms with Crippen molar-refractivity contribution in [1.82, 2.24) is 4.90 Å². The van der Waals surface area contributed by atoms with Gasteiger partial charge >= 0.3 is 5.97 Å². The fourth-order valence-electron chi connectivity index (χ4n) is 2.41. The van der Waals surface area contributed by atoms with Gasteiger partial charge in [-0.2, -0.15) is 0 Å². The lowest BCUT2D eigenvalue weighted by Gasteiger charge is -2.30. The molecule has 1 aromatic rings. The number of carboxylic acid groups (broad SMARTS) is 1. The van der Waals surface area contributed by atoms with Crippen molar-refractivity contribution in [2.45, 2.75) is 19.3 Å². The van der Waals surface area contributed by atoms with Crippen molar-refractivity contribution in [3.8, 4) is 5.75 Å². The first-order valence-corrected chi connectivity index (χ1v) is 6.73. The highest BCUT2D eigenvalue weighted by Crippen LogP contribution is 2.19. The molecule has 1 aliphatic heterocycles. The van der Waals surface area contributed by atoms with Gasteiger partial charge in [0.2, 0.25) is 5.91 Å². The van der Waals surface area contributed by atoms with Crippen LogP contribution < -0.4 is 4.74 Å². The van der Waals surface area contributed by atoms with E-state index in [2.05, 4.69) is 0 Å². The molecule has 1 aliphatic rings. The van der Waals surface area contributed by atoms with Crippen LogP contribution in [-0.4, -0.2) is 42.1 Å². The standard InChI is InChI=1S/C15H19NO4/c1-20-13-4-2-11(3-5-13)10-14(17)16-8-6-12(7-9-16)15(18)19/h2-5,12H,6-10H2,1H3,(H,18,19). The molecule has 1 aromatic carbocycles. The van der Waals surface area contributed by atoms with Crippen molar-refractivity contribution < 1.29 is 19.4 Å². The van der Waals surface area contributed by atoms with Gasteiger partial charge in [0.05, 0.1) is 19.4 Å². The van der Waals surface area contributed by atoms with Gasteiger partial charge in [-0.25, -0.2) is 0 Å². The summed E-state index contributed by atoms with van der Waals surface area (Å²) in [4.78, 5) is 24.8. The molecule has 5 heteroatoms. The molecule has 5 nitrogen and oxygen atoms in total. The average molecular weight is 277 g/mol. The predicted molar refractivity (Wildman–Crippen MR) is 73.6 cm³/mol. The van der Waals surface area contributed by atoms with Crippen LogP contribution in [0.15, 0.2) is 24.3 Å². The molecule has 1 fully saturated rings. The largest absolute Gasteiger partial charge is 0.497 e. The van der Waals surface area contributed by atoms with Crippen LogP contribution in [0.4, 0.5) is 0 Å². The zero-order chi connectivity index (χ0) is 14.5. The van der Waals surface area contributed by atoms with Crippen LogP contribution in [0.3, 0.4) is 0 Å². The number of hydrogen-bond donors (Lipinski definition) is 1. The van der Waals surface area contributed by atoms with E-state index >= 15 is 0 Å². The number of ether oxygens (including phenoxy) is 1. The number of likely N-dealkylation sites (tertiary alicyclic amines) is 1. The van der Waals surface area contributed by atoms with Crippen LogP contribution in [0.1, 0.15) is 18.4 Å². The Morgan fingerprint density at radius 1 is 1.25 bits per heavy atom. The average Bonchev–Trinajstić information content (AvgIpc) is 2.48. The first kappa shape index (κ1) is 14.4. The van der Waals surface area contributed by atoms with E-state index in [0.29, 0.717) is 32.4 Å². The van der Waals surface area contributed by atoms with E-state index in [9.17, 15) is 9.59 Å². The summed E-state index contributed by atoms with van der Waals surface area (Å²) in [7, 11) is 1.60. The van der Waals surface area contributed by atoms with Crippen LogP contribution in [0, 0.1) is 5.92 Å². The molecule has 0 unspecified atom stereocenters. The first-order valence-electron chi connectivity index (χ1n) is 6.73. The summed E-state index contributed by atoms with van der Waals surface area (Å²) in [5, 5.41) is 8.93. The summed E-state index contributed by atoms with van der Waals surface area (Å²) in [6.45, 7) is 1.07. The Kier molecular flexibility index (Phi) is 4.61. The van der Waals surface area contributed by atoms with E-state index in [0.717, 1.165) is 11.3 Å². The Morgan fingerprint density at radius 3 is 2.35 bits per heavy atom. The summed E-state index contributed by atoms with van der Waals surface area (Å²) < 4.78 is 5.07. The smallest absolute Gasteiger partial charge is 0.306 e. The second-order valence-corrected chi connectivity index (χ2v) is 5.02. The molecule has 0 atom stereocenters. The molecular weight excluding hydrogens is 258 g/mol. The first-order chi connectivity index (χ1) is 9.60. The van der Waals surface area contributed by atoms with Gasteiger partial charge in [0, 0.05) is 13.1 Å². The monoisotopic (exact) mass is 277 g/mol. The number of carboxylic acids is 1. The van der Waals surface area contributed by atoms with Crippen molar-refractivity contribution in [2.24, 2.45) is 5.92 Å². The van der Waals surface area contributed by atoms with E-state index < -0.39 is 5.97 Å². The van der Waals surface area contributed by atoms with E-state index in [1.54, 1.807) is 12.0 Å². The van der Waals surface area contributed by atoms with Crippen molar-refractivity contribution >= 4 is 11.9 Å². The molecule has 0 saturated carbocycles. The maximum Gasteiger partial charge on any atom is 0.306 e. The SMILES string of the molecule is COc1ccc(CC(=O)N2CCC(C(=O)O)CC2)cc1. The second kappa shape index (κ2) is 6.41. The molecule has 20 heavy (non-hydrogen) atoms. The molecule has 2 rings (SSSR count). The maximum atomic E-state index is 12.1. The number of rotatable bonds is 4. The molecule has 0 spiro atoms. The summed E-state index contributed by atoms with van der Waals surface area (Å²) in [6.07, 6.45) is 1.44. The number of piperidine rings is 1. The number of aliphatic carboxylic acids is 1. The third-order valence-electron chi connectivity index (χ3n) is 3.71. The van der Waals surface area contributed by atoms with E-state index in [1.165, 1.54) is 0 Å². The van der Waals surface area contributed by atoms with Crippen LogP contribution in [0.2, 0.25) is 0 Å². The number of methoxy groups -OCH3 is 1. The van der Waals surface area contributed by atoms with Gasteiger partial charge in [-0.3, -0.25) is 9.59 Å². The van der Waals surface area contributed by atoms with Crippen molar-refractivity contribution in [2.75, 3.05) is 20.2 Å². The van der Waals surface area contributed by atoms with Crippen LogP contribution in [0.5, 0.6) is 5.75 Å². The number of hydrogen-bond acceptors (Lipinski definition) is 3. The van der Waals surface area contributed by atoms with Gasteiger partial charge in [0.1, 0.15) is 5.75 Å².